The number of rotatable bonds is 9. The van der Waals surface area contributed by atoms with Crippen LogP contribution in [0.5, 0.6) is 0 Å². The minimum atomic E-state index is 0.547. The van der Waals surface area contributed by atoms with Crippen LogP contribution in [0, 0.1) is 22.7 Å². The number of nitrogens with one attached hydrogen (secondary N) is 1. The molecule has 0 fully saturated rings. The van der Waals surface area contributed by atoms with Crippen LogP contribution in [0.15, 0.2) is 48.5 Å². The zero-order valence-electron chi connectivity index (χ0n) is 14.3. The number of nitriles is 2. The summed E-state index contributed by atoms with van der Waals surface area (Å²) in [6.45, 7) is 1.65. The van der Waals surface area contributed by atoms with Crippen LogP contribution in [0.3, 0.4) is 0 Å². The van der Waals surface area contributed by atoms with Gasteiger partial charge in [0.2, 0.25) is 0 Å². The highest BCUT2D eigenvalue weighted by molar-refractivity contribution is 5.64. The van der Waals surface area contributed by atoms with Crippen LogP contribution in [-0.2, 0) is 0 Å². The quantitative estimate of drug-likeness (QED) is 0.523. The molecule has 2 aromatic rings. The monoisotopic (exact) mass is 333 g/mol. The summed E-state index contributed by atoms with van der Waals surface area (Å²) in [5, 5.41) is 20.8. The molecule has 128 valence electrons. The predicted molar refractivity (Wildman–Crippen MR) is 102 cm³/mol. The molecule has 0 atom stereocenters. The summed E-state index contributed by atoms with van der Waals surface area (Å²) >= 11 is 0. The molecule has 2 aromatic carbocycles. The highest BCUT2D eigenvalue weighted by Crippen LogP contribution is 2.22. The van der Waals surface area contributed by atoms with E-state index in [9.17, 15) is 0 Å². The van der Waals surface area contributed by atoms with Crippen LogP contribution in [0.4, 0.5) is 22.7 Å². The Bertz CT molecular complexity index is 703. The zero-order valence-corrected chi connectivity index (χ0v) is 14.3. The largest absolute Gasteiger partial charge is 0.399 e. The molecule has 2 rings (SSSR count). The summed E-state index contributed by atoms with van der Waals surface area (Å²) < 4.78 is 0. The van der Waals surface area contributed by atoms with Gasteiger partial charge in [0.15, 0.2) is 0 Å². The fraction of sp³-hybridized carbons (Fsp3) is 0.300. The minimum absolute atomic E-state index is 0.547. The smallest absolute Gasteiger partial charge is 0.0622 e. The fourth-order valence-electron chi connectivity index (χ4n) is 2.56. The number of nitrogens with two attached hydrogens (primary N) is 1. The average Bonchev–Trinajstić information content (AvgIpc) is 2.63. The van der Waals surface area contributed by atoms with Crippen LogP contribution in [-0.4, -0.2) is 13.1 Å². The Morgan fingerprint density at radius 1 is 0.800 bits per heavy atom. The van der Waals surface area contributed by atoms with Crippen molar-refractivity contribution in [2.45, 2.75) is 25.7 Å². The molecule has 0 bridgehead atoms. The van der Waals surface area contributed by atoms with Crippen molar-refractivity contribution in [1.29, 1.82) is 10.5 Å². The standard InChI is InChI=1S/C20H23N5/c21-13-1-3-15-25(16-4-2-14-22)20-11-9-19(10-12-20)24-18-7-5-17(23)6-8-18/h5-12,24H,1-4,15-16,23H2. The van der Waals surface area contributed by atoms with E-state index in [-0.39, 0.29) is 0 Å². The van der Waals surface area contributed by atoms with Gasteiger partial charge in [-0.15, -0.1) is 0 Å². The van der Waals surface area contributed by atoms with Crippen molar-refractivity contribution in [3.05, 3.63) is 48.5 Å². The van der Waals surface area contributed by atoms with Gasteiger partial charge in [-0.1, -0.05) is 0 Å². The van der Waals surface area contributed by atoms with E-state index in [4.69, 9.17) is 16.3 Å². The van der Waals surface area contributed by atoms with Crippen molar-refractivity contribution < 1.29 is 0 Å². The molecule has 0 aliphatic carbocycles. The number of anilines is 4. The number of nitrogen functional groups attached to an aromatic ring is 1. The minimum Gasteiger partial charge on any atom is -0.399 e. The third-order valence-electron chi connectivity index (χ3n) is 3.87. The SMILES string of the molecule is N#CCCCN(CCCC#N)c1ccc(Nc2ccc(N)cc2)cc1. The number of benzene rings is 2. The Morgan fingerprint density at radius 2 is 1.28 bits per heavy atom. The van der Waals surface area contributed by atoms with Crippen LogP contribution in [0.2, 0.25) is 0 Å². The molecule has 0 amide bonds. The van der Waals surface area contributed by atoms with E-state index in [0.717, 1.165) is 48.7 Å². The second kappa shape index (κ2) is 9.85. The maximum absolute atomic E-state index is 8.73. The molecule has 5 nitrogen and oxygen atoms in total. The highest BCUT2D eigenvalue weighted by atomic mass is 15.1. The van der Waals surface area contributed by atoms with E-state index >= 15 is 0 Å². The first-order chi connectivity index (χ1) is 12.2. The van der Waals surface area contributed by atoms with Gasteiger partial charge in [0, 0.05) is 48.7 Å². The Hall–Kier alpha value is -3.18. The molecule has 25 heavy (non-hydrogen) atoms. The van der Waals surface area contributed by atoms with Gasteiger partial charge < -0.3 is 16.0 Å². The van der Waals surface area contributed by atoms with Gasteiger partial charge in [-0.05, 0) is 61.4 Å². The molecule has 0 spiro atoms. The highest BCUT2D eigenvalue weighted by Gasteiger charge is 2.06. The third kappa shape index (κ3) is 6.08. The van der Waals surface area contributed by atoms with Crippen LogP contribution >= 0.6 is 0 Å². The molecule has 0 aliphatic rings. The summed E-state index contributed by atoms with van der Waals surface area (Å²) in [7, 11) is 0. The van der Waals surface area contributed by atoms with Gasteiger partial charge in [-0.25, -0.2) is 0 Å². The van der Waals surface area contributed by atoms with E-state index < -0.39 is 0 Å². The Balaban J connectivity index is 2.01. The number of unbranched alkanes of at least 4 members (excludes halogenated alkanes) is 2. The van der Waals surface area contributed by atoms with Crippen molar-refractivity contribution in [2.75, 3.05) is 29.0 Å². The first-order valence-electron chi connectivity index (χ1n) is 8.44. The topological polar surface area (TPSA) is 88.9 Å². The molecule has 3 N–H and O–H groups in total. The van der Waals surface area contributed by atoms with E-state index in [0.29, 0.717) is 12.8 Å². The molecule has 0 aromatic heterocycles. The van der Waals surface area contributed by atoms with Gasteiger partial charge in [0.05, 0.1) is 12.1 Å². The van der Waals surface area contributed by atoms with Gasteiger partial charge in [-0.3, -0.25) is 0 Å². The third-order valence-corrected chi connectivity index (χ3v) is 3.87. The molecule has 0 aliphatic heterocycles. The first kappa shape index (κ1) is 18.2. The second-order valence-electron chi connectivity index (χ2n) is 5.80. The van der Waals surface area contributed by atoms with Gasteiger partial charge in [0.1, 0.15) is 0 Å². The summed E-state index contributed by atoms with van der Waals surface area (Å²) in [6.07, 6.45) is 2.75. The number of hydrogen-bond donors (Lipinski definition) is 2. The van der Waals surface area contributed by atoms with E-state index in [1.807, 2.05) is 36.4 Å². The predicted octanol–water partition coefficient (Wildman–Crippen LogP) is 4.43. The summed E-state index contributed by atoms with van der Waals surface area (Å²) in [4.78, 5) is 2.24. The van der Waals surface area contributed by atoms with Crippen molar-refractivity contribution in [3.63, 3.8) is 0 Å². The Morgan fingerprint density at radius 3 is 1.76 bits per heavy atom. The summed E-state index contributed by atoms with van der Waals surface area (Å²) in [6, 6.07) is 20.2. The van der Waals surface area contributed by atoms with Crippen molar-refractivity contribution >= 4 is 22.7 Å². The molecule has 0 heterocycles. The molecule has 5 heteroatoms. The maximum Gasteiger partial charge on any atom is 0.0622 e. The van der Waals surface area contributed by atoms with E-state index in [1.54, 1.807) is 0 Å². The second-order valence-corrected chi connectivity index (χ2v) is 5.80. The molecule has 0 radical (unpaired) electrons. The van der Waals surface area contributed by atoms with E-state index in [1.165, 1.54) is 0 Å². The summed E-state index contributed by atoms with van der Waals surface area (Å²) in [5.41, 5.74) is 9.54. The zero-order chi connectivity index (χ0) is 17.9. The van der Waals surface area contributed by atoms with Crippen molar-refractivity contribution in [1.82, 2.24) is 0 Å². The van der Waals surface area contributed by atoms with Crippen LogP contribution in [0.1, 0.15) is 25.7 Å². The lowest BCUT2D eigenvalue weighted by Crippen LogP contribution is -2.25. The molecule has 0 unspecified atom stereocenters. The lowest BCUT2D eigenvalue weighted by Gasteiger charge is -2.24. The first-order valence-corrected chi connectivity index (χ1v) is 8.44. The normalized spacial score (nSPS) is 9.84. The summed E-state index contributed by atoms with van der Waals surface area (Å²) in [5.74, 6) is 0. The molecular formula is C20H23N5. The van der Waals surface area contributed by atoms with Crippen molar-refractivity contribution in [3.8, 4) is 12.1 Å². The lowest BCUT2D eigenvalue weighted by atomic mass is 10.2. The van der Waals surface area contributed by atoms with Gasteiger partial charge >= 0.3 is 0 Å². The van der Waals surface area contributed by atoms with Gasteiger partial charge in [-0.2, -0.15) is 10.5 Å². The molecule has 0 saturated heterocycles. The Kier molecular flexibility index (Phi) is 7.15. The molecule has 0 saturated carbocycles. The maximum atomic E-state index is 8.73. The van der Waals surface area contributed by atoms with E-state index in [2.05, 4.69) is 34.5 Å². The van der Waals surface area contributed by atoms with Crippen LogP contribution < -0.4 is 16.0 Å². The van der Waals surface area contributed by atoms with Crippen LogP contribution in [0.25, 0.3) is 0 Å². The number of hydrogen-bond acceptors (Lipinski definition) is 5. The lowest BCUT2D eigenvalue weighted by molar-refractivity contribution is 0.708. The molecular weight excluding hydrogens is 310 g/mol. The number of nitrogens with zero attached hydrogens (tertiary/aromatic N) is 3. The fourth-order valence-corrected chi connectivity index (χ4v) is 2.56. The Labute approximate surface area is 149 Å². The average molecular weight is 333 g/mol. The van der Waals surface area contributed by atoms with Gasteiger partial charge in [0.25, 0.3) is 0 Å². The van der Waals surface area contributed by atoms with Crippen molar-refractivity contribution in [2.24, 2.45) is 0 Å².